The molecule has 3 rings (SSSR count). The second-order valence-electron chi connectivity index (χ2n) is 6.81. The van der Waals surface area contributed by atoms with Gasteiger partial charge in [0.25, 0.3) is 0 Å². The van der Waals surface area contributed by atoms with Gasteiger partial charge in [0.05, 0.1) is 4.90 Å². The highest BCUT2D eigenvalue weighted by Gasteiger charge is 2.22. The first-order valence-corrected chi connectivity index (χ1v) is 11.1. The van der Waals surface area contributed by atoms with Crippen molar-refractivity contribution < 1.29 is 13.2 Å². The first-order valence-electron chi connectivity index (χ1n) is 9.20. The Morgan fingerprint density at radius 3 is 2.21 bits per heavy atom. The smallest absolute Gasteiger partial charge is 0.240 e. The van der Waals surface area contributed by atoms with Crippen molar-refractivity contribution in [3.63, 3.8) is 0 Å². The van der Waals surface area contributed by atoms with Gasteiger partial charge in [-0.25, -0.2) is 13.1 Å². The minimum absolute atomic E-state index is 0.0395. The zero-order valence-electron chi connectivity index (χ0n) is 15.8. The Labute approximate surface area is 171 Å². The fourth-order valence-corrected chi connectivity index (χ4v) is 4.27. The molecular weight excluding hydrogens is 398 g/mol. The summed E-state index contributed by atoms with van der Waals surface area (Å²) in [5.41, 5.74) is 2.38. The Balaban J connectivity index is 1.45. The lowest BCUT2D eigenvalue weighted by molar-refractivity contribution is -0.131. The molecule has 1 heterocycles. The molecule has 0 spiro atoms. The number of anilines is 1. The number of halogens is 1. The molecule has 1 aliphatic heterocycles. The molecule has 8 heteroatoms. The summed E-state index contributed by atoms with van der Waals surface area (Å²) in [6.45, 7) is 4.94. The fourth-order valence-electron chi connectivity index (χ4n) is 3.12. The lowest BCUT2D eigenvalue weighted by Gasteiger charge is -2.36. The SMILES string of the molecule is Cc1ccc(N2CCN(C(=O)CCNS(=O)(=O)c3ccc(Cl)cc3)CC2)cc1. The number of nitrogens with one attached hydrogen (secondary N) is 1. The monoisotopic (exact) mass is 421 g/mol. The van der Waals surface area contributed by atoms with Crippen LogP contribution >= 0.6 is 11.6 Å². The molecule has 0 aromatic heterocycles. The van der Waals surface area contributed by atoms with Crippen molar-refractivity contribution in [2.45, 2.75) is 18.2 Å². The molecule has 1 saturated heterocycles. The summed E-state index contributed by atoms with van der Waals surface area (Å²) in [6, 6.07) is 14.3. The Kier molecular flexibility index (Phi) is 6.59. The quantitative estimate of drug-likeness (QED) is 0.778. The van der Waals surface area contributed by atoms with E-state index in [1.165, 1.54) is 29.8 Å². The van der Waals surface area contributed by atoms with Crippen molar-refractivity contribution in [3.8, 4) is 0 Å². The zero-order valence-corrected chi connectivity index (χ0v) is 17.3. The summed E-state index contributed by atoms with van der Waals surface area (Å²) in [6.07, 6.45) is 0.136. The Morgan fingerprint density at radius 1 is 1.00 bits per heavy atom. The average molecular weight is 422 g/mol. The molecule has 2 aromatic carbocycles. The summed E-state index contributed by atoms with van der Waals surface area (Å²) < 4.78 is 27.0. The maximum atomic E-state index is 12.4. The topological polar surface area (TPSA) is 69.7 Å². The number of piperazine rings is 1. The number of rotatable bonds is 6. The molecule has 1 aliphatic rings. The first kappa shape index (κ1) is 20.6. The summed E-state index contributed by atoms with van der Waals surface area (Å²) in [5, 5.41) is 0.471. The van der Waals surface area contributed by atoms with E-state index in [4.69, 9.17) is 11.6 Å². The van der Waals surface area contributed by atoms with Crippen molar-refractivity contribution in [2.75, 3.05) is 37.6 Å². The van der Waals surface area contributed by atoms with E-state index in [0.717, 1.165) is 18.8 Å². The van der Waals surface area contributed by atoms with Gasteiger partial charge in [0.15, 0.2) is 0 Å². The number of nitrogens with zero attached hydrogens (tertiary/aromatic N) is 2. The van der Waals surface area contributed by atoms with Gasteiger partial charge in [0, 0.05) is 49.9 Å². The summed E-state index contributed by atoms with van der Waals surface area (Å²) in [5.74, 6) is -0.0395. The van der Waals surface area contributed by atoms with Crippen LogP contribution in [0.4, 0.5) is 5.69 Å². The second kappa shape index (κ2) is 8.94. The fraction of sp³-hybridized carbons (Fsp3) is 0.350. The lowest BCUT2D eigenvalue weighted by Crippen LogP contribution is -2.49. The number of hydrogen-bond donors (Lipinski definition) is 1. The predicted octanol–water partition coefficient (Wildman–Crippen LogP) is 2.67. The van der Waals surface area contributed by atoms with Crippen molar-refractivity contribution in [1.82, 2.24) is 9.62 Å². The van der Waals surface area contributed by atoms with Gasteiger partial charge in [-0.05, 0) is 43.3 Å². The van der Waals surface area contributed by atoms with Crippen molar-refractivity contribution in [2.24, 2.45) is 0 Å². The van der Waals surface area contributed by atoms with E-state index >= 15 is 0 Å². The molecule has 150 valence electrons. The van der Waals surface area contributed by atoms with Crippen LogP contribution < -0.4 is 9.62 Å². The number of amides is 1. The molecule has 1 N–H and O–H groups in total. The molecule has 0 aliphatic carbocycles. The number of sulfonamides is 1. The molecule has 0 radical (unpaired) electrons. The van der Waals surface area contributed by atoms with Crippen LogP contribution in [-0.4, -0.2) is 51.9 Å². The van der Waals surface area contributed by atoms with Gasteiger partial charge < -0.3 is 9.80 Å². The van der Waals surface area contributed by atoms with E-state index in [1.54, 1.807) is 4.90 Å². The van der Waals surface area contributed by atoms with Crippen LogP contribution in [0.1, 0.15) is 12.0 Å². The summed E-state index contributed by atoms with van der Waals surface area (Å²) in [7, 11) is -3.64. The predicted molar refractivity (Wildman–Crippen MR) is 111 cm³/mol. The van der Waals surface area contributed by atoms with Gasteiger partial charge in [0.1, 0.15) is 0 Å². The molecule has 1 fully saturated rings. The van der Waals surface area contributed by atoms with Crippen LogP contribution in [0.15, 0.2) is 53.4 Å². The normalized spacial score (nSPS) is 14.9. The molecule has 0 bridgehead atoms. The molecular formula is C20H24ClN3O3S. The number of carbonyl (C=O) groups is 1. The molecule has 28 heavy (non-hydrogen) atoms. The molecule has 2 aromatic rings. The van der Waals surface area contributed by atoms with Gasteiger partial charge >= 0.3 is 0 Å². The molecule has 0 unspecified atom stereocenters. The van der Waals surface area contributed by atoms with Crippen LogP contribution in [0.2, 0.25) is 5.02 Å². The minimum Gasteiger partial charge on any atom is -0.368 e. The highest BCUT2D eigenvalue weighted by atomic mass is 35.5. The van der Waals surface area contributed by atoms with E-state index in [1.807, 2.05) is 0 Å². The number of carbonyl (C=O) groups excluding carboxylic acids is 1. The number of benzene rings is 2. The highest BCUT2D eigenvalue weighted by molar-refractivity contribution is 7.89. The Hall–Kier alpha value is -2.09. The standard InChI is InChI=1S/C20H24ClN3O3S/c1-16-2-6-18(7-3-16)23-12-14-24(15-13-23)20(25)10-11-22-28(26,27)19-8-4-17(21)5-9-19/h2-9,22H,10-15H2,1H3. The van der Waals surface area contributed by atoms with Crippen molar-refractivity contribution >= 4 is 33.2 Å². The van der Waals surface area contributed by atoms with Crippen molar-refractivity contribution in [1.29, 1.82) is 0 Å². The third-order valence-corrected chi connectivity index (χ3v) is 6.52. The molecule has 1 amide bonds. The highest BCUT2D eigenvalue weighted by Crippen LogP contribution is 2.17. The van der Waals surface area contributed by atoms with Gasteiger partial charge in [-0.3, -0.25) is 4.79 Å². The first-order chi connectivity index (χ1) is 13.3. The van der Waals surface area contributed by atoms with Crippen LogP contribution in [0, 0.1) is 6.92 Å². The van der Waals surface area contributed by atoms with E-state index in [-0.39, 0.29) is 23.8 Å². The van der Waals surface area contributed by atoms with Gasteiger partial charge in [-0.1, -0.05) is 29.3 Å². The number of hydrogen-bond acceptors (Lipinski definition) is 4. The van der Waals surface area contributed by atoms with E-state index in [9.17, 15) is 13.2 Å². The van der Waals surface area contributed by atoms with Crippen LogP contribution in [0.3, 0.4) is 0 Å². The minimum atomic E-state index is -3.64. The van der Waals surface area contributed by atoms with Gasteiger partial charge in [-0.15, -0.1) is 0 Å². The molecule has 6 nitrogen and oxygen atoms in total. The molecule has 0 atom stereocenters. The third kappa shape index (κ3) is 5.25. The summed E-state index contributed by atoms with van der Waals surface area (Å²) >= 11 is 5.78. The van der Waals surface area contributed by atoms with Crippen molar-refractivity contribution in [3.05, 3.63) is 59.1 Å². The van der Waals surface area contributed by atoms with E-state index < -0.39 is 10.0 Å². The average Bonchev–Trinajstić information content (AvgIpc) is 2.69. The maximum absolute atomic E-state index is 12.4. The Morgan fingerprint density at radius 2 is 1.61 bits per heavy atom. The van der Waals surface area contributed by atoms with Crippen LogP contribution in [-0.2, 0) is 14.8 Å². The van der Waals surface area contributed by atoms with Gasteiger partial charge in [-0.2, -0.15) is 0 Å². The van der Waals surface area contributed by atoms with E-state index in [0.29, 0.717) is 18.1 Å². The lowest BCUT2D eigenvalue weighted by atomic mass is 10.2. The third-order valence-electron chi connectivity index (χ3n) is 4.79. The van der Waals surface area contributed by atoms with Crippen LogP contribution in [0.5, 0.6) is 0 Å². The van der Waals surface area contributed by atoms with Crippen LogP contribution in [0.25, 0.3) is 0 Å². The summed E-state index contributed by atoms with van der Waals surface area (Å²) in [4.78, 5) is 16.6. The largest absolute Gasteiger partial charge is 0.368 e. The maximum Gasteiger partial charge on any atom is 0.240 e. The molecule has 0 saturated carbocycles. The number of aryl methyl sites for hydroxylation is 1. The Bertz CT molecular complexity index is 907. The van der Waals surface area contributed by atoms with E-state index in [2.05, 4.69) is 40.8 Å². The van der Waals surface area contributed by atoms with Gasteiger partial charge in [0.2, 0.25) is 15.9 Å². The second-order valence-corrected chi connectivity index (χ2v) is 9.01. The zero-order chi connectivity index (χ0) is 20.1.